The number of anilines is 2. The molecule has 4 rings (SSSR count). The van der Waals surface area contributed by atoms with Crippen LogP contribution in [-0.4, -0.2) is 28.0 Å². The summed E-state index contributed by atoms with van der Waals surface area (Å²) in [6, 6.07) is 18.1. The zero-order valence-electron chi connectivity index (χ0n) is 21.8. The third kappa shape index (κ3) is 7.61. The number of hydrogen-bond acceptors (Lipinski definition) is 5. The third-order valence-electron chi connectivity index (χ3n) is 5.66. The van der Waals surface area contributed by atoms with Gasteiger partial charge in [-0.15, -0.1) is 11.8 Å². The van der Waals surface area contributed by atoms with E-state index in [9.17, 15) is 31.9 Å². The Bertz CT molecular complexity index is 1630. The quantitative estimate of drug-likeness (QED) is 0.0932. The molecular formula is C30H22F4N4O3S. The van der Waals surface area contributed by atoms with Crippen LogP contribution in [-0.2, 0) is 9.59 Å². The van der Waals surface area contributed by atoms with Crippen molar-refractivity contribution in [3.05, 3.63) is 125 Å². The van der Waals surface area contributed by atoms with Crippen LogP contribution in [0, 0.1) is 23.3 Å². The van der Waals surface area contributed by atoms with Crippen molar-refractivity contribution in [3.63, 3.8) is 0 Å². The second kappa shape index (κ2) is 13.6. The van der Waals surface area contributed by atoms with Gasteiger partial charge in [0.05, 0.1) is 5.25 Å². The second-order valence-electron chi connectivity index (χ2n) is 8.74. The summed E-state index contributed by atoms with van der Waals surface area (Å²) in [5.74, 6) is -8.80. The molecule has 214 valence electrons. The zero-order chi connectivity index (χ0) is 30.2. The van der Waals surface area contributed by atoms with Gasteiger partial charge in [-0.2, -0.15) is 0 Å². The molecule has 0 spiro atoms. The number of pyridine rings is 1. The molecule has 0 aliphatic rings. The first-order valence-corrected chi connectivity index (χ1v) is 13.2. The first kappa shape index (κ1) is 30.0. The van der Waals surface area contributed by atoms with E-state index in [1.165, 1.54) is 25.3 Å². The van der Waals surface area contributed by atoms with Crippen LogP contribution in [0.15, 0.2) is 95.8 Å². The van der Waals surface area contributed by atoms with Gasteiger partial charge in [0.2, 0.25) is 5.91 Å². The van der Waals surface area contributed by atoms with Crippen LogP contribution in [0.3, 0.4) is 0 Å². The van der Waals surface area contributed by atoms with Gasteiger partial charge in [0.15, 0.2) is 23.3 Å². The third-order valence-corrected chi connectivity index (χ3v) is 6.75. The Kier molecular flexibility index (Phi) is 9.71. The molecule has 0 aliphatic heterocycles. The van der Waals surface area contributed by atoms with Crippen molar-refractivity contribution in [2.75, 3.05) is 10.6 Å². The van der Waals surface area contributed by atoms with Gasteiger partial charge in [0, 0.05) is 34.6 Å². The maximum Gasteiger partial charge on any atom is 0.272 e. The van der Waals surface area contributed by atoms with Crippen molar-refractivity contribution in [2.24, 2.45) is 0 Å². The van der Waals surface area contributed by atoms with Crippen LogP contribution < -0.4 is 16.0 Å². The van der Waals surface area contributed by atoms with E-state index < -0.39 is 51.9 Å². The number of carbonyl (C=O) groups is 3. The van der Waals surface area contributed by atoms with Crippen LogP contribution in [0.5, 0.6) is 0 Å². The molecule has 3 N–H and O–H groups in total. The van der Waals surface area contributed by atoms with Crippen LogP contribution in [0.25, 0.3) is 6.08 Å². The minimum absolute atomic E-state index is 0.0444. The number of aromatic nitrogens is 1. The molecule has 4 aromatic rings. The Balaban J connectivity index is 1.48. The van der Waals surface area contributed by atoms with E-state index in [1.807, 2.05) is 5.32 Å². The molecule has 3 amide bonds. The van der Waals surface area contributed by atoms with Crippen LogP contribution in [0.1, 0.15) is 22.8 Å². The number of thioether (sulfide) groups is 1. The fraction of sp³-hybridized carbons (Fsp3) is 0.0667. The van der Waals surface area contributed by atoms with E-state index in [4.69, 9.17) is 0 Å². The highest BCUT2D eigenvalue weighted by Crippen LogP contribution is 2.29. The molecule has 0 radical (unpaired) electrons. The number of nitrogens with zero attached hydrogens (tertiary/aromatic N) is 1. The number of rotatable bonds is 9. The lowest BCUT2D eigenvalue weighted by Crippen LogP contribution is -2.30. The number of amides is 3. The van der Waals surface area contributed by atoms with Gasteiger partial charge in [-0.1, -0.05) is 30.3 Å². The van der Waals surface area contributed by atoms with Gasteiger partial charge in [-0.25, -0.2) is 17.6 Å². The predicted molar refractivity (Wildman–Crippen MR) is 151 cm³/mol. The van der Waals surface area contributed by atoms with Crippen molar-refractivity contribution >= 4 is 46.9 Å². The smallest absolute Gasteiger partial charge is 0.272 e. The Labute approximate surface area is 242 Å². The number of halogens is 4. The van der Waals surface area contributed by atoms with E-state index in [2.05, 4.69) is 15.6 Å². The molecule has 12 heteroatoms. The van der Waals surface area contributed by atoms with Crippen molar-refractivity contribution in [1.82, 2.24) is 10.3 Å². The average Bonchev–Trinajstić information content (AvgIpc) is 2.99. The van der Waals surface area contributed by atoms with Crippen molar-refractivity contribution in [1.29, 1.82) is 0 Å². The van der Waals surface area contributed by atoms with Gasteiger partial charge in [-0.05, 0) is 55.0 Å². The molecule has 0 bridgehead atoms. The highest BCUT2D eigenvalue weighted by atomic mass is 32.2. The van der Waals surface area contributed by atoms with Crippen LogP contribution in [0.2, 0.25) is 0 Å². The molecule has 0 saturated carbocycles. The van der Waals surface area contributed by atoms with E-state index in [-0.39, 0.29) is 11.8 Å². The minimum atomic E-state index is -1.72. The summed E-state index contributed by atoms with van der Waals surface area (Å²) in [6.45, 7) is 1.42. The van der Waals surface area contributed by atoms with Crippen molar-refractivity contribution in [2.45, 2.75) is 17.1 Å². The van der Waals surface area contributed by atoms with Crippen molar-refractivity contribution in [3.8, 4) is 0 Å². The monoisotopic (exact) mass is 594 g/mol. The highest BCUT2D eigenvalue weighted by Gasteiger charge is 2.24. The molecule has 7 nitrogen and oxygen atoms in total. The largest absolute Gasteiger partial charge is 0.321 e. The van der Waals surface area contributed by atoms with E-state index in [0.29, 0.717) is 21.7 Å². The molecule has 0 aliphatic carbocycles. The van der Waals surface area contributed by atoms with Gasteiger partial charge in [0.25, 0.3) is 11.8 Å². The summed E-state index contributed by atoms with van der Waals surface area (Å²) >= 11 is 0.963. The van der Waals surface area contributed by atoms with Gasteiger partial charge in [-0.3, -0.25) is 19.4 Å². The van der Waals surface area contributed by atoms with Gasteiger partial charge >= 0.3 is 0 Å². The van der Waals surface area contributed by atoms with Crippen LogP contribution in [0.4, 0.5) is 28.9 Å². The number of nitrogens with one attached hydrogen (secondary N) is 3. The normalized spacial score (nSPS) is 11.9. The SMILES string of the molecule is CC(Sc1cccc(NC(=O)/C(=C/c2cccnc2)NC(=O)c2ccccc2)c1)C(=O)Nc1c(F)c(F)cc(F)c1F. The lowest BCUT2D eigenvalue weighted by Gasteiger charge is -2.15. The summed E-state index contributed by atoms with van der Waals surface area (Å²) < 4.78 is 54.9. The average molecular weight is 595 g/mol. The number of hydrogen-bond donors (Lipinski definition) is 3. The molecule has 1 atom stereocenters. The summed E-state index contributed by atoms with van der Waals surface area (Å²) in [5.41, 5.74) is -0.0709. The Hall–Kier alpha value is -4.97. The molecule has 3 aromatic carbocycles. The minimum Gasteiger partial charge on any atom is -0.321 e. The van der Waals surface area contributed by atoms with Crippen molar-refractivity contribution < 1.29 is 31.9 Å². The van der Waals surface area contributed by atoms with E-state index >= 15 is 0 Å². The van der Waals surface area contributed by atoms with Crippen LogP contribution >= 0.6 is 11.8 Å². The summed E-state index contributed by atoms with van der Waals surface area (Å²) in [6.07, 6.45) is 4.54. The molecule has 42 heavy (non-hydrogen) atoms. The van der Waals surface area contributed by atoms with Gasteiger partial charge < -0.3 is 16.0 Å². The maximum absolute atomic E-state index is 14.0. The summed E-state index contributed by atoms with van der Waals surface area (Å²) in [4.78, 5) is 43.1. The summed E-state index contributed by atoms with van der Waals surface area (Å²) in [7, 11) is 0. The van der Waals surface area contributed by atoms with E-state index in [0.717, 1.165) is 11.8 Å². The standard InChI is InChI=1S/C30H22F4N4O3S/c1-17(28(39)38-27-25(33)22(31)15-23(32)26(27)34)42-21-11-5-10-20(14-21)36-30(41)24(13-18-7-6-12-35-16-18)37-29(40)19-8-3-2-4-9-19/h2-17H,1H3,(H,36,41)(H,37,40)(H,38,39)/b24-13-. The number of carbonyl (C=O) groups excluding carboxylic acids is 3. The molecule has 0 fully saturated rings. The topological polar surface area (TPSA) is 100 Å². The Morgan fingerprint density at radius 2 is 1.57 bits per heavy atom. The summed E-state index contributed by atoms with van der Waals surface area (Å²) in [5, 5.41) is 6.22. The molecule has 1 aromatic heterocycles. The second-order valence-corrected chi connectivity index (χ2v) is 10.2. The highest BCUT2D eigenvalue weighted by molar-refractivity contribution is 8.00. The fourth-order valence-corrected chi connectivity index (χ4v) is 4.51. The Morgan fingerprint density at radius 3 is 2.24 bits per heavy atom. The molecule has 0 saturated heterocycles. The first-order chi connectivity index (χ1) is 20.1. The lowest BCUT2D eigenvalue weighted by atomic mass is 10.2. The number of benzene rings is 3. The predicted octanol–water partition coefficient (Wildman–Crippen LogP) is 6.17. The lowest BCUT2D eigenvalue weighted by molar-refractivity contribution is -0.115. The molecule has 1 unspecified atom stereocenters. The first-order valence-electron chi connectivity index (χ1n) is 12.3. The molecule has 1 heterocycles. The Morgan fingerprint density at radius 1 is 0.857 bits per heavy atom. The zero-order valence-corrected chi connectivity index (χ0v) is 22.6. The maximum atomic E-state index is 14.0. The molecular weight excluding hydrogens is 572 g/mol. The van der Waals surface area contributed by atoms with Gasteiger partial charge in [0.1, 0.15) is 11.4 Å². The fourth-order valence-electron chi connectivity index (χ4n) is 3.58. The van der Waals surface area contributed by atoms with E-state index in [1.54, 1.807) is 66.9 Å².